The molecule has 7 nitrogen and oxygen atoms in total. The molecule has 1 amide bonds. The molecule has 1 aliphatic rings. The second-order valence-electron chi connectivity index (χ2n) is 5.22. The molecule has 3 N–H and O–H groups in total. The highest BCUT2D eigenvalue weighted by Gasteiger charge is 2.28. The Morgan fingerprint density at radius 2 is 2.08 bits per heavy atom. The molecule has 136 valence electrons. The molecule has 1 heterocycles. The fourth-order valence-corrected chi connectivity index (χ4v) is 1.99. The second kappa shape index (κ2) is 10.4. The van der Waals surface area contributed by atoms with Gasteiger partial charge in [0.2, 0.25) is 5.91 Å². The molecule has 2 rings (SSSR count). The smallest absolute Gasteiger partial charge is 0.319 e. The number of amides is 1. The van der Waals surface area contributed by atoms with E-state index in [1.165, 1.54) is 12.4 Å². The van der Waals surface area contributed by atoms with E-state index < -0.39 is 6.55 Å². The van der Waals surface area contributed by atoms with Gasteiger partial charge in [0, 0.05) is 37.9 Å². The van der Waals surface area contributed by atoms with E-state index in [9.17, 15) is 13.6 Å². The van der Waals surface area contributed by atoms with E-state index in [4.69, 9.17) is 0 Å². The van der Waals surface area contributed by atoms with Gasteiger partial charge in [-0.2, -0.15) is 8.78 Å². The van der Waals surface area contributed by atoms with Crippen molar-refractivity contribution in [3.63, 3.8) is 0 Å². The van der Waals surface area contributed by atoms with Crippen LogP contribution in [0.2, 0.25) is 0 Å². The molecular formula is C14H23F2IN6O. The minimum atomic E-state index is -2.63. The van der Waals surface area contributed by atoms with Crippen LogP contribution in [0.4, 0.5) is 8.78 Å². The average molecular weight is 456 g/mol. The van der Waals surface area contributed by atoms with Crippen LogP contribution >= 0.6 is 24.0 Å². The number of imidazole rings is 1. The van der Waals surface area contributed by atoms with Crippen molar-refractivity contribution in [3.8, 4) is 0 Å². The SMILES string of the molecule is CCNC(=NCc1nccn1C(F)F)NCCNC(=O)C1CC1.I. The van der Waals surface area contributed by atoms with Gasteiger partial charge in [-0.05, 0) is 19.8 Å². The van der Waals surface area contributed by atoms with Crippen molar-refractivity contribution in [2.45, 2.75) is 32.9 Å². The number of nitrogens with zero attached hydrogens (tertiary/aromatic N) is 3. The highest BCUT2D eigenvalue weighted by Crippen LogP contribution is 2.28. The molecule has 0 saturated heterocycles. The molecule has 0 spiro atoms. The third-order valence-electron chi connectivity index (χ3n) is 3.35. The number of carbonyl (C=O) groups excluding carboxylic acids is 1. The first-order valence-electron chi connectivity index (χ1n) is 7.71. The Balaban J connectivity index is 0.00000288. The molecule has 0 aliphatic heterocycles. The first kappa shape index (κ1) is 20.6. The van der Waals surface area contributed by atoms with E-state index in [0.717, 1.165) is 17.4 Å². The van der Waals surface area contributed by atoms with Crippen LogP contribution in [-0.2, 0) is 11.3 Å². The standard InChI is InChI=1S/C14H22F2N6O.HI/c1-2-17-14(20-6-5-19-12(23)10-3-4-10)21-9-11-18-7-8-22(11)13(15)16;/h7-8,10,13H,2-6,9H2,1H3,(H,19,23)(H2,17,20,21);1H. The Labute approximate surface area is 156 Å². The van der Waals surface area contributed by atoms with Crippen LogP contribution in [0.1, 0.15) is 32.1 Å². The molecular weight excluding hydrogens is 433 g/mol. The first-order valence-corrected chi connectivity index (χ1v) is 7.71. The summed E-state index contributed by atoms with van der Waals surface area (Å²) in [5.74, 6) is 0.967. The topological polar surface area (TPSA) is 83.3 Å². The number of rotatable bonds is 8. The molecule has 1 aromatic heterocycles. The van der Waals surface area contributed by atoms with Crippen molar-refractivity contribution in [2.24, 2.45) is 10.9 Å². The van der Waals surface area contributed by atoms with Gasteiger partial charge in [0.05, 0.1) is 0 Å². The van der Waals surface area contributed by atoms with Gasteiger partial charge in [0.1, 0.15) is 12.4 Å². The van der Waals surface area contributed by atoms with Crippen LogP contribution in [0, 0.1) is 5.92 Å². The summed E-state index contributed by atoms with van der Waals surface area (Å²) in [6.07, 6.45) is 4.49. The maximum Gasteiger partial charge on any atom is 0.319 e. The maximum absolute atomic E-state index is 12.7. The van der Waals surface area contributed by atoms with Gasteiger partial charge in [-0.1, -0.05) is 0 Å². The van der Waals surface area contributed by atoms with E-state index in [-0.39, 0.29) is 48.2 Å². The molecule has 1 aliphatic carbocycles. The van der Waals surface area contributed by atoms with E-state index in [0.29, 0.717) is 25.6 Å². The van der Waals surface area contributed by atoms with Gasteiger partial charge in [0.15, 0.2) is 5.96 Å². The highest BCUT2D eigenvalue weighted by atomic mass is 127. The van der Waals surface area contributed by atoms with Crippen LogP contribution in [0.25, 0.3) is 0 Å². The number of hydrogen-bond donors (Lipinski definition) is 3. The summed E-state index contributed by atoms with van der Waals surface area (Å²) >= 11 is 0. The molecule has 0 atom stereocenters. The third kappa shape index (κ3) is 6.57. The van der Waals surface area contributed by atoms with E-state index in [1.54, 1.807) is 0 Å². The van der Waals surface area contributed by atoms with Gasteiger partial charge >= 0.3 is 6.55 Å². The second-order valence-corrected chi connectivity index (χ2v) is 5.22. The summed E-state index contributed by atoms with van der Waals surface area (Å²) in [5, 5.41) is 8.90. The molecule has 0 unspecified atom stereocenters. The van der Waals surface area contributed by atoms with E-state index in [2.05, 4.69) is 25.9 Å². The number of halogens is 3. The lowest BCUT2D eigenvalue weighted by Gasteiger charge is -2.12. The minimum Gasteiger partial charge on any atom is -0.357 e. The Hall–Kier alpha value is -1.46. The van der Waals surface area contributed by atoms with Gasteiger partial charge < -0.3 is 16.0 Å². The van der Waals surface area contributed by atoms with Crippen LogP contribution in [0.3, 0.4) is 0 Å². The summed E-state index contributed by atoms with van der Waals surface area (Å²) in [7, 11) is 0. The summed E-state index contributed by atoms with van der Waals surface area (Å²) in [6.45, 7) is 0.964. The zero-order valence-corrected chi connectivity index (χ0v) is 15.8. The molecule has 1 aromatic rings. The predicted octanol–water partition coefficient (Wildman–Crippen LogP) is 1.48. The van der Waals surface area contributed by atoms with Crippen molar-refractivity contribution in [1.82, 2.24) is 25.5 Å². The summed E-state index contributed by atoms with van der Waals surface area (Å²) in [4.78, 5) is 19.6. The Kier molecular flexibility index (Phi) is 8.93. The monoisotopic (exact) mass is 456 g/mol. The summed E-state index contributed by atoms with van der Waals surface area (Å²) in [6, 6.07) is 0. The van der Waals surface area contributed by atoms with E-state index >= 15 is 0 Å². The van der Waals surface area contributed by atoms with Gasteiger partial charge in [-0.15, -0.1) is 24.0 Å². The molecule has 1 saturated carbocycles. The molecule has 10 heteroatoms. The van der Waals surface area contributed by atoms with Gasteiger partial charge in [-0.3, -0.25) is 9.36 Å². The van der Waals surface area contributed by atoms with Gasteiger partial charge in [0.25, 0.3) is 0 Å². The quantitative estimate of drug-likeness (QED) is 0.240. The van der Waals surface area contributed by atoms with Gasteiger partial charge in [-0.25, -0.2) is 9.98 Å². The number of hydrogen-bond acceptors (Lipinski definition) is 3. The van der Waals surface area contributed by atoms with E-state index in [1.807, 2.05) is 6.92 Å². The van der Waals surface area contributed by atoms with Crippen molar-refractivity contribution in [1.29, 1.82) is 0 Å². The van der Waals surface area contributed by atoms with Crippen molar-refractivity contribution < 1.29 is 13.6 Å². The lowest BCUT2D eigenvalue weighted by Crippen LogP contribution is -2.41. The third-order valence-corrected chi connectivity index (χ3v) is 3.35. The minimum absolute atomic E-state index is 0. The normalized spacial score (nSPS) is 14.2. The Bertz CT molecular complexity index is 547. The lowest BCUT2D eigenvalue weighted by molar-refractivity contribution is -0.122. The maximum atomic E-state index is 12.7. The Morgan fingerprint density at radius 3 is 2.71 bits per heavy atom. The number of guanidine groups is 1. The van der Waals surface area contributed by atoms with Crippen molar-refractivity contribution in [2.75, 3.05) is 19.6 Å². The largest absolute Gasteiger partial charge is 0.357 e. The molecule has 24 heavy (non-hydrogen) atoms. The highest BCUT2D eigenvalue weighted by molar-refractivity contribution is 14.0. The molecule has 0 radical (unpaired) electrons. The van der Waals surface area contributed by atoms with Crippen LogP contribution in [-0.4, -0.2) is 41.1 Å². The fraction of sp³-hybridized carbons (Fsp3) is 0.643. The first-order chi connectivity index (χ1) is 11.1. The summed E-state index contributed by atoms with van der Waals surface area (Å²) < 4.78 is 26.2. The number of alkyl halides is 2. The van der Waals surface area contributed by atoms with Crippen LogP contribution < -0.4 is 16.0 Å². The predicted molar refractivity (Wildman–Crippen MR) is 97.4 cm³/mol. The molecule has 1 fully saturated rings. The zero-order valence-electron chi connectivity index (χ0n) is 13.5. The number of nitrogens with one attached hydrogen (secondary N) is 3. The zero-order chi connectivity index (χ0) is 16.7. The number of aromatic nitrogens is 2. The number of carbonyl (C=O) groups is 1. The molecule has 0 aromatic carbocycles. The van der Waals surface area contributed by atoms with Crippen LogP contribution in [0.15, 0.2) is 17.4 Å². The fourth-order valence-electron chi connectivity index (χ4n) is 1.99. The Morgan fingerprint density at radius 1 is 1.38 bits per heavy atom. The van der Waals surface area contributed by atoms with Crippen molar-refractivity contribution in [3.05, 3.63) is 18.2 Å². The summed E-state index contributed by atoms with van der Waals surface area (Å²) in [5.41, 5.74) is 0. The average Bonchev–Trinajstić information content (AvgIpc) is 3.26. The van der Waals surface area contributed by atoms with Crippen molar-refractivity contribution >= 4 is 35.8 Å². The molecule has 0 bridgehead atoms. The number of aliphatic imine (C=N–C) groups is 1. The van der Waals surface area contributed by atoms with Crippen LogP contribution in [0.5, 0.6) is 0 Å². The lowest BCUT2D eigenvalue weighted by atomic mass is 10.4.